The Balaban J connectivity index is 2.16. The van der Waals surface area contributed by atoms with Crippen molar-refractivity contribution in [3.63, 3.8) is 0 Å². The lowest BCUT2D eigenvalue weighted by Gasteiger charge is -2.40. The number of amides is 1. The minimum absolute atomic E-state index is 0.185. The Kier molecular flexibility index (Phi) is 35.4. The van der Waals surface area contributed by atoms with Gasteiger partial charge < -0.3 is 40.3 Å². The normalized spacial score (nSPS) is 21.6. The molecule has 0 bridgehead atoms. The summed E-state index contributed by atoms with van der Waals surface area (Å²) in [4.78, 5) is 12.9. The van der Waals surface area contributed by atoms with Gasteiger partial charge in [0.15, 0.2) is 6.29 Å². The third-order valence-corrected chi connectivity index (χ3v) is 10.6. The number of hydrogen-bond acceptors (Lipinski definition) is 8. The van der Waals surface area contributed by atoms with Gasteiger partial charge in [-0.3, -0.25) is 4.79 Å². The van der Waals surface area contributed by atoms with E-state index in [0.717, 1.165) is 64.2 Å². The molecule has 0 radical (unpaired) electrons. The molecule has 0 aliphatic carbocycles. The number of unbranched alkanes of at least 4 members (excludes halogenated alkanes) is 19. The van der Waals surface area contributed by atoms with Gasteiger partial charge in [-0.25, -0.2) is 0 Å². The van der Waals surface area contributed by atoms with E-state index in [9.17, 15) is 30.3 Å². The summed E-state index contributed by atoms with van der Waals surface area (Å²) in [5, 5.41) is 53.9. The standard InChI is InChI=1S/C48H85NO8/c1-3-5-7-9-11-12-13-14-15-16-17-18-19-20-21-22-23-24-25-26-27-28-29-30-32-34-36-38-44(52)49-41(42(51)37-35-33-31-10-8-6-4-2)40-56-48-47(55)46(54)45(53)43(39-50)57-48/h5,7,11-12,14-15,17-18,35,37,41-43,45-48,50-51,53-55H,3-4,6,8-10,13,16,19-34,36,38-40H2,1-2H3,(H,49,52)/b7-5-,12-11-,15-14-,18-17-,37-35+. The molecule has 1 amide bonds. The predicted octanol–water partition coefficient (Wildman–Crippen LogP) is 9.61. The zero-order valence-corrected chi connectivity index (χ0v) is 36.1. The van der Waals surface area contributed by atoms with Gasteiger partial charge in [0, 0.05) is 6.42 Å². The second-order valence-electron chi connectivity index (χ2n) is 15.8. The zero-order chi connectivity index (χ0) is 41.6. The number of rotatable bonds is 37. The van der Waals surface area contributed by atoms with Gasteiger partial charge in [0.25, 0.3) is 0 Å². The largest absolute Gasteiger partial charge is 0.394 e. The Hall–Kier alpha value is -2.11. The number of carbonyl (C=O) groups is 1. The summed E-state index contributed by atoms with van der Waals surface area (Å²) in [5.74, 6) is -0.185. The van der Waals surface area contributed by atoms with Crippen LogP contribution < -0.4 is 5.32 Å². The maximum Gasteiger partial charge on any atom is 0.220 e. The zero-order valence-electron chi connectivity index (χ0n) is 36.1. The molecule has 7 atom stereocenters. The molecule has 6 N–H and O–H groups in total. The number of ether oxygens (including phenoxy) is 2. The fourth-order valence-corrected chi connectivity index (χ4v) is 6.91. The van der Waals surface area contributed by atoms with E-state index in [1.807, 2.05) is 6.08 Å². The molecule has 0 aromatic rings. The van der Waals surface area contributed by atoms with Crippen molar-refractivity contribution in [1.29, 1.82) is 0 Å². The molecule has 330 valence electrons. The molecule has 1 rings (SSSR count). The Bertz CT molecular complexity index is 1070. The lowest BCUT2D eigenvalue weighted by molar-refractivity contribution is -0.302. The number of aliphatic hydroxyl groups is 5. The average molecular weight is 804 g/mol. The van der Waals surface area contributed by atoms with Crippen LogP contribution in [0.3, 0.4) is 0 Å². The quantitative estimate of drug-likeness (QED) is 0.0269. The average Bonchev–Trinajstić information content (AvgIpc) is 3.21. The Morgan fingerprint density at radius 1 is 0.614 bits per heavy atom. The van der Waals surface area contributed by atoms with Crippen molar-refractivity contribution in [2.45, 2.75) is 224 Å². The van der Waals surface area contributed by atoms with Crippen LogP contribution in [-0.4, -0.2) is 87.5 Å². The Morgan fingerprint density at radius 2 is 1.09 bits per heavy atom. The van der Waals surface area contributed by atoms with Gasteiger partial charge in [0.2, 0.25) is 5.91 Å². The molecule has 0 saturated carbocycles. The van der Waals surface area contributed by atoms with E-state index in [2.05, 4.69) is 67.8 Å². The summed E-state index contributed by atoms with van der Waals surface area (Å²) in [5.41, 5.74) is 0. The molecule has 1 aliphatic rings. The lowest BCUT2D eigenvalue weighted by atomic mass is 9.99. The number of aliphatic hydroxyl groups excluding tert-OH is 5. The predicted molar refractivity (Wildman–Crippen MR) is 235 cm³/mol. The molecule has 7 unspecified atom stereocenters. The fourth-order valence-electron chi connectivity index (χ4n) is 6.91. The molecule has 1 saturated heterocycles. The van der Waals surface area contributed by atoms with Crippen LogP contribution in [0.15, 0.2) is 60.8 Å². The first-order chi connectivity index (χ1) is 27.8. The van der Waals surface area contributed by atoms with Crippen LogP contribution in [-0.2, 0) is 14.3 Å². The monoisotopic (exact) mass is 804 g/mol. The molecular formula is C48H85NO8. The van der Waals surface area contributed by atoms with Crippen molar-refractivity contribution in [1.82, 2.24) is 5.32 Å². The summed E-state index contributed by atoms with van der Waals surface area (Å²) in [6.07, 6.45) is 43.0. The molecule has 1 aliphatic heterocycles. The highest BCUT2D eigenvalue weighted by molar-refractivity contribution is 5.76. The van der Waals surface area contributed by atoms with Gasteiger partial charge in [0.1, 0.15) is 24.4 Å². The number of nitrogens with one attached hydrogen (secondary N) is 1. The van der Waals surface area contributed by atoms with Crippen molar-refractivity contribution in [2.75, 3.05) is 13.2 Å². The molecule has 0 spiro atoms. The van der Waals surface area contributed by atoms with Crippen molar-refractivity contribution in [2.24, 2.45) is 0 Å². The van der Waals surface area contributed by atoms with E-state index in [-0.39, 0.29) is 12.5 Å². The van der Waals surface area contributed by atoms with Crippen LogP contribution in [0.25, 0.3) is 0 Å². The summed E-state index contributed by atoms with van der Waals surface area (Å²) < 4.78 is 11.1. The van der Waals surface area contributed by atoms with Gasteiger partial charge in [-0.1, -0.05) is 177 Å². The van der Waals surface area contributed by atoms with Crippen molar-refractivity contribution >= 4 is 5.91 Å². The van der Waals surface area contributed by atoms with Crippen molar-refractivity contribution in [3.05, 3.63) is 60.8 Å². The van der Waals surface area contributed by atoms with E-state index in [4.69, 9.17) is 9.47 Å². The second kappa shape index (κ2) is 38.1. The summed E-state index contributed by atoms with van der Waals surface area (Å²) >= 11 is 0. The van der Waals surface area contributed by atoms with Crippen LogP contribution in [0.5, 0.6) is 0 Å². The van der Waals surface area contributed by atoms with Crippen LogP contribution in [0.4, 0.5) is 0 Å². The van der Waals surface area contributed by atoms with Crippen LogP contribution in [0.2, 0.25) is 0 Å². The first-order valence-corrected chi connectivity index (χ1v) is 23.0. The van der Waals surface area contributed by atoms with Crippen LogP contribution in [0, 0.1) is 0 Å². The lowest BCUT2D eigenvalue weighted by Crippen LogP contribution is -2.60. The SMILES string of the molecule is CC/C=C\C/C=C\C/C=C\C/C=C\CCCCCCCCCCCCCCCCC(=O)NC(COC1OC(CO)C(O)C(O)C1O)C(O)/C=C/CCCCCCC. The van der Waals surface area contributed by atoms with Crippen LogP contribution >= 0.6 is 0 Å². The molecule has 9 nitrogen and oxygen atoms in total. The van der Waals surface area contributed by atoms with Gasteiger partial charge in [-0.05, 0) is 57.8 Å². The highest BCUT2D eigenvalue weighted by atomic mass is 16.7. The van der Waals surface area contributed by atoms with E-state index in [0.29, 0.717) is 6.42 Å². The van der Waals surface area contributed by atoms with Gasteiger partial charge in [-0.15, -0.1) is 0 Å². The maximum atomic E-state index is 12.9. The third kappa shape index (κ3) is 28.9. The topological polar surface area (TPSA) is 149 Å². The van der Waals surface area contributed by atoms with Crippen LogP contribution in [0.1, 0.15) is 181 Å². The molecule has 1 heterocycles. The highest BCUT2D eigenvalue weighted by Crippen LogP contribution is 2.22. The molecule has 9 heteroatoms. The highest BCUT2D eigenvalue weighted by Gasteiger charge is 2.44. The number of hydrogen-bond donors (Lipinski definition) is 6. The summed E-state index contributed by atoms with van der Waals surface area (Å²) in [7, 11) is 0. The summed E-state index contributed by atoms with van der Waals surface area (Å²) in [6, 6.07) is -0.803. The van der Waals surface area contributed by atoms with Crippen molar-refractivity contribution < 1.29 is 39.8 Å². The van der Waals surface area contributed by atoms with Gasteiger partial charge >= 0.3 is 0 Å². The van der Waals surface area contributed by atoms with E-state index in [1.54, 1.807) is 6.08 Å². The molecule has 57 heavy (non-hydrogen) atoms. The molecular weight excluding hydrogens is 719 g/mol. The first kappa shape index (κ1) is 52.9. The van der Waals surface area contributed by atoms with E-state index < -0.39 is 49.5 Å². The van der Waals surface area contributed by atoms with Crippen molar-refractivity contribution in [3.8, 4) is 0 Å². The fraction of sp³-hybridized carbons (Fsp3) is 0.771. The van der Waals surface area contributed by atoms with E-state index in [1.165, 1.54) is 96.3 Å². The minimum atomic E-state index is -1.57. The number of allylic oxidation sites excluding steroid dienone is 9. The van der Waals surface area contributed by atoms with Gasteiger partial charge in [-0.2, -0.15) is 0 Å². The second-order valence-corrected chi connectivity index (χ2v) is 15.8. The first-order valence-electron chi connectivity index (χ1n) is 23.0. The summed E-state index contributed by atoms with van der Waals surface area (Å²) in [6.45, 7) is 3.58. The molecule has 1 fully saturated rings. The minimum Gasteiger partial charge on any atom is -0.394 e. The molecule has 0 aromatic heterocycles. The van der Waals surface area contributed by atoms with Gasteiger partial charge in [0.05, 0.1) is 25.4 Å². The smallest absolute Gasteiger partial charge is 0.220 e. The maximum absolute atomic E-state index is 12.9. The number of carbonyl (C=O) groups excluding carboxylic acids is 1. The Morgan fingerprint density at radius 3 is 1.61 bits per heavy atom. The third-order valence-electron chi connectivity index (χ3n) is 10.6. The van der Waals surface area contributed by atoms with E-state index >= 15 is 0 Å². The Labute approximate surface area is 347 Å². The molecule has 0 aromatic carbocycles.